The Morgan fingerprint density at radius 1 is 1.13 bits per heavy atom. The van der Waals surface area contributed by atoms with Crippen molar-refractivity contribution < 1.29 is 44.3 Å². The molecule has 0 N–H and O–H groups in total. The van der Waals surface area contributed by atoms with Gasteiger partial charge in [-0.1, -0.05) is 11.6 Å². The zero-order chi connectivity index (χ0) is 10.6. The molecule has 0 aliphatic rings. The van der Waals surface area contributed by atoms with Crippen LogP contribution in [-0.2, 0) is 4.79 Å². The predicted octanol–water partition coefficient (Wildman–Crippen LogP) is -2.17. The summed E-state index contributed by atoms with van der Waals surface area (Å²) in [5, 5.41) is 10.5. The van der Waals surface area contributed by atoms with Crippen LogP contribution in [0.2, 0.25) is 5.02 Å². The zero-order valence-corrected chi connectivity index (χ0v) is 10.8. The number of aliphatic carboxylic acids is 1. The minimum absolute atomic E-state index is 0. The number of halogens is 1. The number of carbonyl (C=O) groups excluding carboxylic acids is 2. The third kappa shape index (κ3) is 5.14. The molecule has 0 spiro atoms. The van der Waals surface area contributed by atoms with Crippen LogP contribution in [0.1, 0.15) is 10.4 Å². The molecule has 0 unspecified atom stereocenters. The smallest absolute Gasteiger partial charge is 0.545 e. The van der Waals surface area contributed by atoms with Gasteiger partial charge in [-0.15, -0.1) is 0 Å². The fourth-order valence-electron chi connectivity index (χ4n) is 0.854. The summed E-state index contributed by atoms with van der Waals surface area (Å²) in [6, 6.07) is 6.15. The Hall–Kier alpha value is -0.610. The van der Waals surface area contributed by atoms with Gasteiger partial charge in [0.15, 0.2) is 5.78 Å². The van der Waals surface area contributed by atoms with Crippen molar-refractivity contribution in [1.29, 1.82) is 0 Å². The number of ketones is 1. The van der Waals surface area contributed by atoms with Crippen molar-refractivity contribution in [2.75, 3.05) is 0 Å². The molecule has 0 fully saturated rings. The molecule has 0 heterocycles. The summed E-state index contributed by atoms with van der Waals surface area (Å²) in [7, 11) is 0. The quantitative estimate of drug-likeness (QED) is 0.339. The molecule has 1 aromatic rings. The van der Waals surface area contributed by atoms with E-state index in [2.05, 4.69) is 0 Å². The average molecular weight is 233 g/mol. The maximum Gasteiger partial charge on any atom is 1.00 e. The van der Waals surface area contributed by atoms with Crippen molar-refractivity contribution in [1.82, 2.24) is 0 Å². The van der Waals surface area contributed by atoms with Gasteiger partial charge in [0.05, 0.1) is 5.97 Å². The van der Waals surface area contributed by atoms with Gasteiger partial charge < -0.3 is 9.90 Å². The van der Waals surface area contributed by atoms with Crippen LogP contribution in [0.3, 0.4) is 0 Å². The predicted molar refractivity (Wildman–Crippen MR) is 49.9 cm³/mol. The van der Waals surface area contributed by atoms with E-state index in [4.69, 9.17) is 11.6 Å². The molecule has 0 aliphatic carbocycles. The third-order valence-corrected chi connectivity index (χ3v) is 1.75. The van der Waals surface area contributed by atoms with Crippen molar-refractivity contribution in [3.63, 3.8) is 0 Å². The normalized spacial score (nSPS) is 9.67. The van der Waals surface area contributed by atoms with Crippen molar-refractivity contribution in [3.05, 3.63) is 47.0 Å². The molecule has 1 rings (SSSR count). The van der Waals surface area contributed by atoms with E-state index in [1.165, 1.54) is 12.1 Å². The summed E-state index contributed by atoms with van der Waals surface area (Å²) in [5.41, 5.74) is 0.381. The van der Waals surface area contributed by atoms with E-state index in [-0.39, 0.29) is 29.6 Å². The molecular formula is C10H6ClNaO3. The molecular weight excluding hydrogens is 227 g/mol. The summed E-state index contributed by atoms with van der Waals surface area (Å²) in [4.78, 5) is 21.3. The second kappa shape index (κ2) is 6.80. The van der Waals surface area contributed by atoms with Gasteiger partial charge in [-0.3, -0.25) is 4.79 Å². The standard InChI is InChI=1S/C10H7ClO3.Na/c11-8-3-1-7(2-4-8)9(12)5-6-10(13)14;/h1-6H,(H,13,14);/q;+1/p-1/b6-5+;. The van der Waals surface area contributed by atoms with Gasteiger partial charge in [0.2, 0.25) is 0 Å². The molecule has 0 radical (unpaired) electrons. The van der Waals surface area contributed by atoms with Gasteiger partial charge in [0, 0.05) is 10.6 Å². The number of allylic oxidation sites excluding steroid dienone is 1. The Balaban J connectivity index is 0.00000196. The van der Waals surface area contributed by atoms with E-state index in [1.54, 1.807) is 12.1 Å². The van der Waals surface area contributed by atoms with Crippen LogP contribution in [0, 0.1) is 0 Å². The maximum atomic E-state index is 11.2. The molecule has 0 saturated heterocycles. The molecule has 0 amide bonds. The fourth-order valence-corrected chi connectivity index (χ4v) is 0.980. The minimum atomic E-state index is -1.40. The van der Waals surface area contributed by atoms with Crippen molar-refractivity contribution >= 4 is 23.4 Å². The monoisotopic (exact) mass is 232 g/mol. The number of carboxylic acid groups (broad SMARTS) is 1. The minimum Gasteiger partial charge on any atom is -0.545 e. The molecule has 0 atom stereocenters. The molecule has 15 heavy (non-hydrogen) atoms. The van der Waals surface area contributed by atoms with Gasteiger partial charge in [0.25, 0.3) is 0 Å². The van der Waals surface area contributed by atoms with Gasteiger partial charge >= 0.3 is 29.6 Å². The van der Waals surface area contributed by atoms with E-state index < -0.39 is 11.8 Å². The Morgan fingerprint density at radius 2 is 1.67 bits per heavy atom. The van der Waals surface area contributed by atoms with E-state index in [9.17, 15) is 14.7 Å². The SMILES string of the molecule is O=C([O-])/C=C/C(=O)c1ccc(Cl)cc1.[Na+]. The van der Waals surface area contributed by atoms with E-state index >= 15 is 0 Å². The molecule has 1 aromatic carbocycles. The van der Waals surface area contributed by atoms with Gasteiger partial charge in [-0.2, -0.15) is 0 Å². The number of carbonyl (C=O) groups is 2. The number of benzene rings is 1. The Labute approximate surface area is 114 Å². The van der Waals surface area contributed by atoms with Gasteiger partial charge in [0.1, 0.15) is 0 Å². The zero-order valence-electron chi connectivity index (χ0n) is 8.07. The van der Waals surface area contributed by atoms with Crippen molar-refractivity contribution in [3.8, 4) is 0 Å². The molecule has 5 heteroatoms. The summed E-state index contributed by atoms with van der Waals surface area (Å²) >= 11 is 5.61. The number of hydrogen-bond acceptors (Lipinski definition) is 3. The van der Waals surface area contributed by atoms with Gasteiger partial charge in [-0.25, -0.2) is 0 Å². The number of hydrogen-bond donors (Lipinski definition) is 0. The van der Waals surface area contributed by atoms with Crippen molar-refractivity contribution in [2.24, 2.45) is 0 Å². The Kier molecular flexibility index (Phi) is 6.52. The van der Waals surface area contributed by atoms with Crippen LogP contribution >= 0.6 is 11.6 Å². The van der Waals surface area contributed by atoms with Crippen LogP contribution in [0.4, 0.5) is 0 Å². The first kappa shape index (κ1) is 14.4. The van der Waals surface area contributed by atoms with Crippen LogP contribution < -0.4 is 34.7 Å². The summed E-state index contributed by atoms with van der Waals surface area (Å²) in [5.74, 6) is -1.79. The molecule has 72 valence electrons. The largest absolute Gasteiger partial charge is 1.00 e. The second-order valence-electron chi connectivity index (χ2n) is 2.52. The third-order valence-electron chi connectivity index (χ3n) is 1.50. The topological polar surface area (TPSA) is 57.2 Å². The first-order valence-corrected chi connectivity index (χ1v) is 4.16. The maximum absolute atomic E-state index is 11.2. The first-order valence-electron chi connectivity index (χ1n) is 3.78. The van der Waals surface area contributed by atoms with Crippen molar-refractivity contribution in [2.45, 2.75) is 0 Å². The van der Waals surface area contributed by atoms with E-state index in [1.807, 2.05) is 0 Å². The summed E-state index contributed by atoms with van der Waals surface area (Å²) < 4.78 is 0. The average Bonchev–Trinajstić information content (AvgIpc) is 2.15. The fraction of sp³-hybridized carbons (Fsp3) is 0. The molecule has 0 bridgehead atoms. The Bertz CT molecular complexity index is 384. The molecule has 0 aliphatic heterocycles. The van der Waals surface area contributed by atoms with Crippen LogP contribution in [0.5, 0.6) is 0 Å². The van der Waals surface area contributed by atoms with Crippen LogP contribution in [-0.4, -0.2) is 11.8 Å². The van der Waals surface area contributed by atoms with Crippen LogP contribution in [0.25, 0.3) is 0 Å². The van der Waals surface area contributed by atoms with E-state index in [0.717, 1.165) is 6.08 Å². The van der Waals surface area contributed by atoms with Gasteiger partial charge in [-0.05, 0) is 36.4 Å². The summed E-state index contributed by atoms with van der Waals surface area (Å²) in [6.07, 6.45) is 1.63. The number of carboxylic acids is 1. The molecule has 0 saturated carbocycles. The number of rotatable bonds is 3. The van der Waals surface area contributed by atoms with Crippen LogP contribution in [0.15, 0.2) is 36.4 Å². The molecule has 0 aromatic heterocycles. The van der Waals surface area contributed by atoms with E-state index in [0.29, 0.717) is 16.7 Å². The first-order chi connectivity index (χ1) is 6.59. The summed E-state index contributed by atoms with van der Waals surface area (Å²) in [6.45, 7) is 0. The molecule has 3 nitrogen and oxygen atoms in total. The Morgan fingerprint density at radius 3 is 2.13 bits per heavy atom. The second-order valence-corrected chi connectivity index (χ2v) is 2.96.